The van der Waals surface area contributed by atoms with Crippen LogP contribution in [0.1, 0.15) is 11.1 Å². The van der Waals surface area contributed by atoms with Gasteiger partial charge in [0.25, 0.3) is 11.8 Å². The number of aryl methyl sites for hydroxylation is 1. The molecule has 0 saturated heterocycles. The molecule has 5 nitrogen and oxygen atoms in total. The van der Waals surface area contributed by atoms with Crippen LogP contribution in [0.3, 0.4) is 0 Å². The molecule has 0 atom stereocenters. The van der Waals surface area contributed by atoms with E-state index >= 15 is 0 Å². The summed E-state index contributed by atoms with van der Waals surface area (Å²) in [6.07, 6.45) is 0. The Kier molecular flexibility index (Phi) is 5.29. The standard InChI is InChI=1S/C24H19ClN2O3/c1-15-14-17(25)12-13-18(15)26-22-21(16-8-4-3-5-9-16)23(28)27(24(22)29)19-10-6-7-11-20(19)30-2/h3-14,26H,1-2H3. The maximum Gasteiger partial charge on any atom is 0.282 e. The van der Waals surface area contributed by atoms with E-state index in [4.69, 9.17) is 16.3 Å². The monoisotopic (exact) mass is 418 g/mol. The number of hydrogen-bond donors (Lipinski definition) is 1. The molecule has 1 aliphatic heterocycles. The van der Waals surface area contributed by atoms with Crippen molar-refractivity contribution in [2.75, 3.05) is 17.3 Å². The smallest absolute Gasteiger partial charge is 0.282 e. The number of para-hydroxylation sites is 2. The largest absolute Gasteiger partial charge is 0.495 e. The minimum absolute atomic E-state index is 0.211. The molecule has 0 fully saturated rings. The first-order valence-corrected chi connectivity index (χ1v) is 9.73. The number of nitrogens with zero attached hydrogens (tertiary/aromatic N) is 1. The molecule has 3 aromatic carbocycles. The number of carbonyl (C=O) groups is 2. The third-order valence-electron chi connectivity index (χ3n) is 4.92. The fraction of sp³-hybridized carbons (Fsp3) is 0.0833. The fourth-order valence-electron chi connectivity index (χ4n) is 3.45. The van der Waals surface area contributed by atoms with Crippen LogP contribution in [0.15, 0.2) is 78.5 Å². The Labute approximate surface area is 179 Å². The minimum Gasteiger partial charge on any atom is -0.495 e. The lowest BCUT2D eigenvalue weighted by atomic mass is 10.0. The van der Waals surface area contributed by atoms with Crippen molar-refractivity contribution in [2.24, 2.45) is 0 Å². The maximum absolute atomic E-state index is 13.5. The van der Waals surface area contributed by atoms with E-state index in [9.17, 15) is 9.59 Å². The number of benzene rings is 3. The number of hydrogen-bond acceptors (Lipinski definition) is 4. The summed E-state index contributed by atoms with van der Waals surface area (Å²) in [4.78, 5) is 28.1. The van der Waals surface area contributed by atoms with Crippen molar-refractivity contribution in [3.63, 3.8) is 0 Å². The second-order valence-electron chi connectivity index (χ2n) is 6.82. The highest BCUT2D eigenvalue weighted by molar-refractivity contribution is 6.46. The van der Waals surface area contributed by atoms with E-state index in [-0.39, 0.29) is 5.70 Å². The molecule has 150 valence electrons. The van der Waals surface area contributed by atoms with Gasteiger partial charge in [-0.3, -0.25) is 9.59 Å². The number of ether oxygens (including phenoxy) is 1. The number of nitrogens with one attached hydrogen (secondary N) is 1. The number of rotatable bonds is 5. The molecule has 2 amide bonds. The van der Waals surface area contributed by atoms with Crippen LogP contribution in [0.5, 0.6) is 5.75 Å². The van der Waals surface area contributed by atoms with Gasteiger partial charge in [0.1, 0.15) is 11.4 Å². The first-order chi connectivity index (χ1) is 14.5. The van der Waals surface area contributed by atoms with E-state index in [1.807, 2.05) is 37.3 Å². The van der Waals surface area contributed by atoms with E-state index in [1.165, 1.54) is 7.11 Å². The normalized spacial score (nSPS) is 13.8. The lowest BCUT2D eigenvalue weighted by Crippen LogP contribution is -2.32. The SMILES string of the molecule is COc1ccccc1N1C(=O)C(Nc2ccc(Cl)cc2C)=C(c2ccccc2)C1=O. The molecule has 0 aliphatic carbocycles. The van der Waals surface area contributed by atoms with Crippen LogP contribution in [-0.4, -0.2) is 18.9 Å². The first-order valence-electron chi connectivity index (χ1n) is 9.36. The van der Waals surface area contributed by atoms with E-state index in [1.54, 1.807) is 42.5 Å². The van der Waals surface area contributed by atoms with Crippen LogP contribution in [0.4, 0.5) is 11.4 Å². The maximum atomic E-state index is 13.5. The molecule has 0 radical (unpaired) electrons. The minimum atomic E-state index is -0.447. The molecule has 1 N–H and O–H groups in total. The number of carbonyl (C=O) groups excluding carboxylic acids is 2. The quantitative estimate of drug-likeness (QED) is 0.589. The number of anilines is 2. The Morgan fingerprint density at radius 3 is 2.30 bits per heavy atom. The van der Waals surface area contributed by atoms with Gasteiger partial charge in [-0.05, 0) is 48.4 Å². The topological polar surface area (TPSA) is 58.6 Å². The molecule has 1 aliphatic rings. The second-order valence-corrected chi connectivity index (χ2v) is 7.25. The lowest BCUT2D eigenvalue weighted by Gasteiger charge is -2.18. The summed E-state index contributed by atoms with van der Waals surface area (Å²) in [5, 5.41) is 3.77. The Bertz CT molecular complexity index is 1170. The lowest BCUT2D eigenvalue weighted by molar-refractivity contribution is -0.120. The summed E-state index contributed by atoms with van der Waals surface area (Å²) >= 11 is 6.06. The molecule has 0 unspecified atom stereocenters. The summed E-state index contributed by atoms with van der Waals surface area (Å²) in [7, 11) is 1.51. The Balaban J connectivity index is 1.85. The number of methoxy groups -OCH3 is 1. The summed E-state index contributed by atoms with van der Waals surface area (Å²) in [5.74, 6) is -0.418. The highest BCUT2D eigenvalue weighted by Gasteiger charge is 2.41. The Hall–Kier alpha value is -3.57. The Morgan fingerprint density at radius 2 is 1.60 bits per heavy atom. The van der Waals surface area contributed by atoms with Crippen LogP contribution in [0.2, 0.25) is 5.02 Å². The van der Waals surface area contributed by atoms with Gasteiger partial charge in [-0.2, -0.15) is 0 Å². The zero-order chi connectivity index (χ0) is 21.3. The molecule has 0 saturated carbocycles. The molecule has 0 bridgehead atoms. The summed E-state index contributed by atoms with van der Waals surface area (Å²) < 4.78 is 5.38. The molecule has 3 aromatic rings. The number of halogens is 1. The van der Waals surface area contributed by atoms with Crippen LogP contribution in [0.25, 0.3) is 5.57 Å². The second kappa shape index (κ2) is 8.05. The first kappa shape index (κ1) is 19.7. The van der Waals surface area contributed by atoms with Crippen molar-refractivity contribution < 1.29 is 14.3 Å². The van der Waals surface area contributed by atoms with E-state index < -0.39 is 11.8 Å². The van der Waals surface area contributed by atoms with Gasteiger partial charge in [0.2, 0.25) is 0 Å². The van der Waals surface area contributed by atoms with E-state index in [0.29, 0.717) is 33.3 Å². The van der Waals surface area contributed by atoms with Gasteiger partial charge < -0.3 is 10.1 Å². The van der Waals surface area contributed by atoms with Gasteiger partial charge in [0.05, 0.1) is 18.4 Å². The van der Waals surface area contributed by atoms with Gasteiger partial charge in [0.15, 0.2) is 0 Å². The molecule has 6 heteroatoms. The van der Waals surface area contributed by atoms with Gasteiger partial charge in [-0.25, -0.2) is 4.90 Å². The van der Waals surface area contributed by atoms with Crippen LogP contribution in [0, 0.1) is 6.92 Å². The van der Waals surface area contributed by atoms with Gasteiger partial charge >= 0.3 is 0 Å². The summed E-state index contributed by atoms with van der Waals surface area (Å²) in [6.45, 7) is 1.89. The van der Waals surface area contributed by atoms with Crippen molar-refractivity contribution in [2.45, 2.75) is 6.92 Å². The van der Waals surface area contributed by atoms with Crippen molar-refractivity contribution in [3.8, 4) is 5.75 Å². The van der Waals surface area contributed by atoms with Gasteiger partial charge in [0, 0.05) is 10.7 Å². The van der Waals surface area contributed by atoms with Crippen molar-refractivity contribution >= 4 is 40.4 Å². The third kappa shape index (κ3) is 3.44. The molecule has 30 heavy (non-hydrogen) atoms. The van der Waals surface area contributed by atoms with Crippen molar-refractivity contribution in [1.29, 1.82) is 0 Å². The van der Waals surface area contributed by atoms with Gasteiger partial charge in [-0.1, -0.05) is 54.1 Å². The number of imide groups is 1. The van der Waals surface area contributed by atoms with Crippen LogP contribution >= 0.6 is 11.6 Å². The van der Waals surface area contributed by atoms with E-state index in [0.717, 1.165) is 10.5 Å². The van der Waals surface area contributed by atoms with E-state index in [2.05, 4.69) is 5.32 Å². The molecule has 0 aromatic heterocycles. The molecule has 0 spiro atoms. The van der Waals surface area contributed by atoms with Crippen LogP contribution in [-0.2, 0) is 9.59 Å². The van der Waals surface area contributed by atoms with Crippen molar-refractivity contribution in [1.82, 2.24) is 0 Å². The predicted molar refractivity (Wildman–Crippen MR) is 119 cm³/mol. The molecule has 1 heterocycles. The Morgan fingerprint density at radius 1 is 0.900 bits per heavy atom. The van der Waals surface area contributed by atoms with Crippen LogP contribution < -0.4 is 15.0 Å². The third-order valence-corrected chi connectivity index (χ3v) is 5.16. The fourth-order valence-corrected chi connectivity index (χ4v) is 3.68. The highest BCUT2D eigenvalue weighted by atomic mass is 35.5. The summed E-state index contributed by atoms with van der Waals surface area (Å²) in [5.41, 5.74) is 3.13. The van der Waals surface area contributed by atoms with Crippen molar-refractivity contribution in [3.05, 3.63) is 94.6 Å². The predicted octanol–water partition coefficient (Wildman–Crippen LogP) is 5.05. The summed E-state index contributed by atoms with van der Waals surface area (Å²) in [6, 6.07) is 21.4. The molecular formula is C24H19ClN2O3. The molecule has 4 rings (SSSR count). The van der Waals surface area contributed by atoms with Gasteiger partial charge in [-0.15, -0.1) is 0 Å². The zero-order valence-electron chi connectivity index (χ0n) is 16.5. The molecular weight excluding hydrogens is 400 g/mol. The highest BCUT2D eigenvalue weighted by Crippen LogP contribution is 2.38. The average molecular weight is 419 g/mol. The zero-order valence-corrected chi connectivity index (χ0v) is 17.2. The number of amides is 2. The average Bonchev–Trinajstić information content (AvgIpc) is 3.00.